The molecule has 0 spiro atoms. The maximum atomic E-state index is 11.6. The lowest BCUT2D eigenvalue weighted by Crippen LogP contribution is -2.42. The van der Waals surface area contributed by atoms with Crippen molar-refractivity contribution in [2.75, 3.05) is 30.4 Å². The lowest BCUT2D eigenvalue weighted by Gasteiger charge is -2.27. The highest BCUT2D eigenvalue weighted by Gasteiger charge is 2.22. The molecule has 1 aliphatic rings. The van der Waals surface area contributed by atoms with Gasteiger partial charge in [0, 0.05) is 12.6 Å². The van der Waals surface area contributed by atoms with E-state index >= 15 is 0 Å². The number of anilines is 2. The smallest absolute Gasteiger partial charge is 0.253 e. The minimum Gasteiger partial charge on any atom is -0.384 e. The van der Waals surface area contributed by atoms with Crippen LogP contribution in [0.5, 0.6) is 0 Å². The second-order valence-electron chi connectivity index (χ2n) is 3.34. The molecule has 82 valence electrons. The van der Waals surface area contributed by atoms with Gasteiger partial charge < -0.3 is 15.4 Å². The summed E-state index contributed by atoms with van der Waals surface area (Å²) in [5.74, 6) is 0.0929. The van der Waals surface area contributed by atoms with Gasteiger partial charge in [-0.3, -0.25) is 4.79 Å². The van der Waals surface area contributed by atoms with Gasteiger partial charge in [0.25, 0.3) is 5.91 Å². The fourth-order valence-electron chi connectivity index (χ4n) is 1.54. The number of nitrogens with zero attached hydrogens (tertiary/aromatic N) is 3. The number of nitrogens with two attached hydrogens (primary N) is 1. The van der Waals surface area contributed by atoms with E-state index in [1.807, 2.05) is 6.07 Å². The first-order valence-electron chi connectivity index (χ1n) is 4.76. The minimum atomic E-state index is -0.172. The van der Waals surface area contributed by atoms with Crippen LogP contribution >= 0.6 is 0 Å². The Labute approximate surface area is 92.2 Å². The van der Waals surface area contributed by atoms with E-state index in [1.54, 1.807) is 0 Å². The number of hydrogen-bond acceptors (Lipinski definition) is 5. The number of hydrogen-bond donors (Lipinski definition) is 1. The lowest BCUT2D eigenvalue weighted by atomic mass is 10.2. The van der Waals surface area contributed by atoms with Crippen LogP contribution in [0.25, 0.3) is 0 Å². The third kappa shape index (κ3) is 1.81. The predicted molar refractivity (Wildman–Crippen MR) is 56.5 cm³/mol. The van der Waals surface area contributed by atoms with E-state index in [9.17, 15) is 4.79 Å². The van der Waals surface area contributed by atoms with Gasteiger partial charge in [-0.1, -0.05) is 0 Å². The molecule has 1 aromatic rings. The number of nitrogen functional groups attached to an aromatic ring is 1. The van der Waals surface area contributed by atoms with Crippen LogP contribution in [0.1, 0.15) is 5.56 Å². The van der Waals surface area contributed by atoms with Gasteiger partial charge in [0.2, 0.25) is 0 Å². The Kier molecular flexibility index (Phi) is 2.70. The van der Waals surface area contributed by atoms with E-state index in [2.05, 4.69) is 4.98 Å². The molecule has 1 amide bonds. The number of pyridine rings is 1. The number of rotatable bonds is 1. The Morgan fingerprint density at radius 3 is 3.12 bits per heavy atom. The van der Waals surface area contributed by atoms with Crippen molar-refractivity contribution < 1.29 is 9.53 Å². The van der Waals surface area contributed by atoms with E-state index in [0.717, 1.165) is 0 Å². The van der Waals surface area contributed by atoms with Crippen LogP contribution in [0.2, 0.25) is 0 Å². The zero-order valence-electron chi connectivity index (χ0n) is 8.51. The Morgan fingerprint density at radius 1 is 1.62 bits per heavy atom. The number of ether oxygens (including phenoxy) is 1. The van der Waals surface area contributed by atoms with Gasteiger partial charge in [-0.15, -0.1) is 0 Å². The average Bonchev–Trinajstić information content (AvgIpc) is 2.30. The van der Waals surface area contributed by atoms with Crippen LogP contribution in [-0.4, -0.2) is 30.6 Å². The van der Waals surface area contributed by atoms with Crippen molar-refractivity contribution in [3.8, 4) is 6.07 Å². The second-order valence-corrected chi connectivity index (χ2v) is 3.34. The van der Waals surface area contributed by atoms with Crippen LogP contribution in [0.4, 0.5) is 11.5 Å². The van der Waals surface area contributed by atoms with Crippen molar-refractivity contribution in [1.82, 2.24) is 4.98 Å². The Hall–Kier alpha value is -2.13. The fourth-order valence-corrected chi connectivity index (χ4v) is 1.54. The zero-order valence-corrected chi connectivity index (χ0v) is 8.51. The third-order valence-electron chi connectivity index (χ3n) is 2.30. The van der Waals surface area contributed by atoms with Crippen LogP contribution in [0, 0.1) is 11.3 Å². The SMILES string of the molecule is N#Cc1cc(N)ncc1N1CCOCC1=O. The molecule has 2 rings (SSSR count). The van der Waals surface area contributed by atoms with Gasteiger partial charge in [-0.05, 0) is 0 Å². The van der Waals surface area contributed by atoms with Crippen molar-refractivity contribution in [2.24, 2.45) is 0 Å². The molecule has 1 aromatic heterocycles. The molecule has 0 unspecified atom stereocenters. The molecule has 2 N–H and O–H groups in total. The van der Waals surface area contributed by atoms with E-state index < -0.39 is 0 Å². The molecule has 0 aliphatic carbocycles. The van der Waals surface area contributed by atoms with Crippen LogP contribution in [-0.2, 0) is 9.53 Å². The van der Waals surface area contributed by atoms with Crippen molar-refractivity contribution >= 4 is 17.4 Å². The normalized spacial score (nSPS) is 15.9. The average molecular weight is 218 g/mol. The molecule has 0 aromatic carbocycles. The monoisotopic (exact) mass is 218 g/mol. The van der Waals surface area contributed by atoms with Crippen LogP contribution < -0.4 is 10.6 Å². The van der Waals surface area contributed by atoms with Crippen molar-refractivity contribution in [2.45, 2.75) is 0 Å². The van der Waals surface area contributed by atoms with Gasteiger partial charge in [0.1, 0.15) is 18.5 Å². The molecule has 2 heterocycles. The van der Waals surface area contributed by atoms with Crippen molar-refractivity contribution in [1.29, 1.82) is 5.26 Å². The molecule has 0 bridgehead atoms. The summed E-state index contributed by atoms with van der Waals surface area (Å²) in [6.07, 6.45) is 1.44. The maximum absolute atomic E-state index is 11.6. The largest absolute Gasteiger partial charge is 0.384 e. The topological polar surface area (TPSA) is 92.2 Å². The molecule has 0 saturated carbocycles. The molecular weight excluding hydrogens is 208 g/mol. The molecule has 0 atom stereocenters. The second kappa shape index (κ2) is 4.16. The molecule has 16 heavy (non-hydrogen) atoms. The first-order valence-corrected chi connectivity index (χ1v) is 4.76. The molecule has 6 nitrogen and oxygen atoms in total. The van der Waals surface area contributed by atoms with Crippen molar-refractivity contribution in [3.63, 3.8) is 0 Å². The van der Waals surface area contributed by atoms with E-state index in [-0.39, 0.29) is 18.3 Å². The summed E-state index contributed by atoms with van der Waals surface area (Å²) in [6, 6.07) is 3.46. The maximum Gasteiger partial charge on any atom is 0.253 e. The summed E-state index contributed by atoms with van der Waals surface area (Å²) in [5.41, 5.74) is 6.32. The van der Waals surface area contributed by atoms with Gasteiger partial charge in [-0.25, -0.2) is 4.98 Å². The summed E-state index contributed by atoms with van der Waals surface area (Å²) < 4.78 is 5.01. The van der Waals surface area contributed by atoms with Gasteiger partial charge >= 0.3 is 0 Å². The molecule has 6 heteroatoms. The lowest BCUT2D eigenvalue weighted by molar-refractivity contribution is -0.125. The van der Waals surface area contributed by atoms with Crippen molar-refractivity contribution in [3.05, 3.63) is 17.8 Å². The fraction of sp³-hybridized carbons (Fsp3) is 0.300. The third-order valence-corrected chi connectivity index (χ3v) is 2.30. The highest BCUT2D eigenvalue weighted by Crippen LogP contribution is 2.21. The summed E-state index contributed by atoms with van der Waals surface area (Å²) in [6.45, 7) is 0.926. The molecule has 1 saturated heterocycles. The molecule has 0 radical (unpaired) electrons. The standard InChI is InChI=1S/C10H10N4O2/c11-4-7-3-9(12)13-5-8(7)14-1-2-16-6-10(14)15/h3,5H,1-2,6H2,(H2,12,13). The number of nitriles is 1. The Balaban J connectivity index is 2.39. The number of aromatic nitrogens is 1. The van der Waals surface area contributed by atoms with E-state index in [4.69, 9.17) is 15.7 Å². The van der Waals surface area contributed by atoms with E-state index in [0.29, 0.717) is 24.4 Å². The summed E-state index contributed by atoms with van der Waals surface area (Å²) in [7, 11) is 0. The predicted octanol–water partition coefficient (Wildman–Crippen LogP) is -0.101. The molecule has 1 fully saturated rings. The van der Waals surface area contributed by atoms with E-state index in [1.165, 1.54) is 17.2 Å². The highest BCUT2D eigenvalue weighted by molar-refractivity contribution is 5.96. The Bertz CT molecular complexity index is 466. The zero-order chi connectivity index (χ0) is 11.5. The van der Waals surface area contributed by atoms with Gasteiger partial charge in [-0.2, -0.15) is 5.26 Å². The summed E-state index contributed by atoms with van der Waals surface area (Å²) >= 11 is 0. The quantitative estimate of drug-likeness (QED) is 0.710. The highest BCUT2D eigenvalue weighted by atomic mass is 16.5. The number of carbonyl (C=O) groups excluding carboxylic acids is 1. The number of morpholine rings is 1. The van der Waals surface area contributed by atoms with Gasteiger partial charge in [0.15, 0.2) is 0 Å². The number of carbonyl (C=O) groups is 1. The Morgan fingerprint density at radius 2 is 2.44 bits per heavy atom. The molecule has 1 aliphatic heterocycles. The molecular formula is C10H10N4O2. The summed E-state index contributed by atoms with van der Waals surface area (Å²) in [4.78, 5) is 17.0. The van der Waals surface area contributed by atoms with Crippen LogP contribution in [0.15, 0.2) is 12.3 Å². The van der Waals surface area contributed by atoms with Gasteiger partial charge in [0.05, 0.1) is 24.1 Å². The van der Waals surface area contributed by atoms with Crippen LogP contribution in [0.3, 0.4) is 0 Å². The first kappa shape index (κ1) is 10.4. The first-order chi connectivity index (χ1) is 7.72. The summed E-state index contributed by atoms with van der Waals surface area (Å²) in [5, 5.41) is 8.96. The number of amides is 1. The minimum absolute atomic E-state index is 0.0369.